The maximum Gasteiger partial charge on any atom is 0.257 e. The molecule has 104 valence electrons. The van der Waals surface area contributed by atoms with Gasteiger partial charge in [0.15, 0.2) is 12.0 Å². The zero-order chi connectivity index (χ0) is 14.4. The summed E-state index contributed by atoms with van der Waals surface area (Å²) in [6.45, 7) is 0.355. The summed E-state index contributed by atoms with van der Waals surface area (Å²) in [5.74, 6) is 1.58. The number of ether oxygens (including phenoxy) is 3. The van der Waals surface area contributed by atoms with Gasteiger partial charge in [-0.1, -0.05) is 12.1 Å². The summed E-state index contributed by atoms with van der Waals surface area (Å²) in [6, 6.07) is 9.12. The summed E-state index contributed by atoms with van der Waals surface area (Å²) in [5, 5.41) is 0. The predicted octanol–water partition coefficient (Wildman–Crippen LogP) is 2.49. The lowest BCUT2D eigenvalue weighted by molar-refractivity contribution is 0.112. The number of methoxy groups -OCH3 is 2. The van der Waals surface area contributed by atoms with E-state index in [0.717, 1.165) is 11.3 Å². The van der Waals surface area contributed by atoms with Gasteiger partial charge in [0.05, 0.1) is 14.2 Å². The van der Waals surface area contributed by atoms with Crippen LogP contribution in [0.25, 0.3) is 0 Å². The molecule has 0 saturated heterocycles. The minimum atomic E-state index is 0.355. The lowest BCUT2D eigenvalue weighted by Gasteiger charge is -2.10. The molecule has 0 aliphatic carbocycles. The molecule has 0 saturated carbocycles. The summed E-state index contributed by atoms with van der Waals surface area (Å²) in [5.41, 5.74) is 1.42. The Labute approximate surface area is 117 Å². The average molecular weight is 273 g/mol. The first-order chi connectivity index (χ1) is 9.76. The fourth-order valence-electron chi connectivity index (χ4n) is 1.64. The number of hydrogen-bond acceptors (Lipinski definition) is 5. The molecule has 0 unspecified atom stereocenters. The van der Waals surface area contributed by atoms with Gasteiger partial charge >= 0.3 is 0 Å². The largest absolute Gasteiger partial charge is 0.497 e. The molecule has 0 spiro atoms. The van der Waals surface area contributed by atoms with Crippen molar-refractivity contribution in [1.82, 2.24) is 4.98 Å². The highest BCUT2D eigenvalue weighted by Gasteiger charge is 2.07. The Hall–Kier alpha value is -2.56. The quantitative estimate of drug-likeness (QED) is 0.757. The maximum atomic E-state index is 10.7. The molecule has 0 atom stereocenters. The van der Waals surface area contributed by atoms with Gasteiger partial charge in [0, 0.05) is 11.8 Å². The molecule has 0 aliphatic rings. The minimum Gasteiger partial charge on any atom is -0.497 e. The average Bonchev–Trinajstić information content (AvgIpc) is 2.53. The number of hydrogen-bond donors (Lipinski definition) is 0. The summed E-state index contributed by atoms with van der Waals surface area (Å²) in [6.07, 6.45) is 2.15. The van der Waals surface area contributed by atoms with Crippen LogP contribution >= 0.6 is 0 Å². The van der Waals surface area contributed by atoms with E-state index in [2.05, 4.69) is 4.98 Å². The van der Waals surface area contributed by atoms with E-state index in [1.165, 1.54) is 13.3 Å². The molecule has 0 bridgehead atoms. The molecule has 0 aliphatic heterocycles. The Balaban J connectivity index is 2.07. The molecule has 1 aromatic heterocycles. The molecule has 2 aromatic rings. The number of nitrogens with zero attached hydrogens (tertiary/aromatic N) is 1. The van der Waals surface area contributed by atoms with Gasteiger partial charge in [0.2, 0.25) is 0 Å². The summed E-state index contributed by atoms with van der Waals surface area (Å²) >= 11 is 0. The Kier molecular flexibility index (Phi) is 4.55. The van der Waals surface area contributed by atoms with Crippen LogP contribution in [0.5, 0.6) is 17.4 Å². The van der Waals surface area contributed by atoms with Crippen molar-refractivity contribution in [3.05, 3.63) is 47.7 Å². The summed E-state index contributed by atoms with van der Waals surface area (Å²) in [4.78, 5) is 14.7. The van der Waals surface area contributed by atoms with Crippen LogP contribution in [-0.4, -0.2) is 25.5 Å². The normalized spacial score (nSPS) is 9.90. The zero-order valence-electron chi connectivity index (χ0n) is 11.3. The molecule has 5 heteroatoms. The van der Waals surface area contributed by atoms with Crippen molar-refractivity contribution in [2.45, 2.75) is 6.61 Å². The summed E-state index contributed by atoms with van der Waals surface area (Å²) < 4.78 is 15.8. The van der Waals surface area contributed by atoms with E-state index in [9.17, 15) is 4.79 Å². The Morgan fingerprint density at radius 1 is 1.15 bits per heavy atom. The van der Waals surface area contributed by atoms with Crippen LogP contribution in [0.4, 0.5) is 0 Å². The molecular formula is C15H15NO4. The first-order valence-electron chi connectivity index (χ1n) is 6.01. The number of carbonyl (C=O) groups excluding carboxylic acids is 1. The van der Waals surface area contributed by atoms with Gasteiger partial charge in [-0.3, -0.25) is 4.79 Å². The fraction of sp³-hybridized carbons (Fsp3) is 0.200. The second-order valence-electron chi connectivity index (χ2n) is 4.03. The van der Waals surface area contributed by atoms with E-state index in [4.69, 9.17) is 14.2 Å². The van der Waals surface area contributed by atoms with Crippen molar-refractivity contribution >= 4 is 6.29 Å². The van der Waals surface area contributed by atoms with Crippen LogP contribution in [-0.2, 0) is 6.61 Å². The van der Waals surface area contributed by atoms with Crippen molar-refractivity contribution in [1.29, 1.82) is 0 Å². The van der Waals surface area contributed by atoms with Crippen LogP contribution in [0.1, 0.15) is 15.9 Å². The van der Waals surface area contributed by atoms with Gasteiger partial charge in [-0.25, -0.2) is 4.98 Å². The molecule has 1 heterocycles. The van der Waals surface area contributed by atoms with Crippen molar-refractivity contribution in [2.75, 3.05) is 14.2 Å². The molecule has 0 fully saturated rings. The predicted molar refractivity (Wildman–Crippen MR) is 73.5 cm³/mol. The van der Waals surface area contributed by atoms with E-state index >= 15 is 0 Å². The first kappa shape index (κ1) is 13.9. The van der Waals surface area contributed by atoms with Crippen LogP contribution in [0.15, 0.2) is 36.5 Å². The van der Waals surface area contributed by atoms with Crippen LogP contribution in [0, 0.1) is 0 Å². The van der Waals surface area contributed by atoms with E-state index < -0.39 is 0 Å². The standard InChI is InChI=1S/C15H15NO4/c1-18-13-5-3-11(4-6-13)10-20-15-14(19-2)7-12(9-17)8-16-15/h3-9H,10H2,1-2H3. The van der Waals surface area contributed by atoms with E-state index in [1.54, 1.807) is 13.2 Å². The van der Waals surface area contributed by atoms with Gasteiger partial charge < -0.3 is 14.2 Å². The number of benzene rings is 1. The number of aldehydes is 1. The van der Waals surface area contributed by atoms with Crippen LogP contribution < -0.4 is 14.2 Å². The molecule has 1 aromatic carbocycles. The topological polar surface area (TPSA) is 57.7 Å². The monoisotopic (exact) mass is 273 g/mol. The van der Waals surface area contributed by atoms with Gasteiger partial charge in [-0.15, -0.1) is 0 Å². The molecule has 0 amide bonds. The van der Waals surface area contributed by atoms with Crippen molar-refractivity contribution < 1.29 is 19.0 Å². The molecule has 5 nitrogen and oxygen atoms in total. The second-order valence-corrected chi connectivity index (χ2v) is 4.03. The van der Waals surface area contributed by atoms with Gasteiger partial charge in [0.1, 0.15) is 12.4 Å². The SMILES string of the molecule is COc1ccc(COc2ncc(C=O)cc2OC)cc1. The zero-order valence-corrected chi connectivity index (χ0v) is 11.3. The van der Waals surface area contributed by atoms with Crippen LogP contribution in [0.2, 0.25) is 0 Å². The minimum absolute atomic E-state index is 0.355. The number of rotatable bonds is 6. The third-order valence-corrected chi connectivity index (χ3v) is 2.73. The third kappa shape index (κ3) is 3.26. The number of pyridine rings is 1. The van der Waals surface area contributed by atoms with E-state index in [-0.39, 0.29) is 0 Å². The van der Waals surface area contributed by atoms with E-state index in [0.29, 0.717) is 30.1 Å². The highest BCUT2D eigenvalue weighted by Crippen LogP contribution is 2.25. The number of aromatic nitrogens is 1. The van der Waals surface area contributed by atoms with E-state index in [1.807, 2.05) is 24.3 Å². The van der Waals surface area contributed by atoms with Crippen LogP contribution in [0.3, 0.4) is 0 Å². The molecular weight excluding hydrogens is 258 g/mol. The van der Waals surface area contributed by atoms with Gasteiger partial charge in [-0.2, -0.15) is 0 Å². The second kappa shape index (κ2) is 6.56. The Morgan fingerprint density at radius 3 is 2.50 bits per heavy atom. The molecule has 0 N–H and O–H groups in total. The van der Waals surface area contributed by atoms with Gasteiger partial charge in [0.25, 0.3) is 5.88 Å². The first-order valence-corrected chi connectivity index (χ1v) is 6.01. The lowest BCUT2D eigenvalue weighted by Crippen LogP contribution is -2.00. The maximum absolute atomic E-state index is 10.7. The Bertz CT molecular complexity index is 581. The lowest BCUT2D eigenvalue weighted by atomic mass is 10.2. The number of carbonyl (C=O) groups is 1. The molecule has 2 rings (SSSR count). The van der Waals surface area contributed by atoms with Crippen molar-refractivity contribution in [2.24, 2.45) is 0 Å². The highest BCUT2D eigenvalue weighted by molar-refractivity contribution is 5.75. The smallest absolute Gasteiger partial charge is 0.257 e. The van der Waals surface area contributed by atoms with Crippen molar-refractivity contribution in [3.8, 4) is 17.4 Å². The summed E-state index contributed by atoms with van der Waals surface area (Å²) in [7, 11) is 3.13. The molecule has 0 radical (unpaired) electrons. The highest BCUT2D eigenvalue weighted by atomic mass is 16.5. The molecule has 20 heavy (non-hydrogen) atoms. The fourth-order valence-corrected chi connectivity index (χ4v) is 1.64. The van der Waals surface area contributed by atoms with Crippen molar-refractivity contribution in [3.63, 3.8) is 0 Å². The Morgan fingerprint density at radius 2 is 1.90 bits per heavy atom. The third-order valence-electron chi connectivity index (χ3n) is 2.73. The van der Waals surface area contributed by atoms with Gasteiger partial charge in [-0.05, 0) is 23.8 Å².